The minimum atomic E-state index is 0.575. The number of aryl methyl sites for hydroxylation is 1. The molecule has 1 saturated heterocycles. The fourth-order valence-electron chi connectivity index (χ4n) is 2.69. The molecule has 0 bridgehead atoms. The number of nitrogens with one attached hydrogen (secondary N) is 1. The van der Waals surface area contributed by atoms with Gasteiger partial charge in [0.1, 0.15) is 5.75 Å². The number of benzene rings is 1. The monoisotopic (exact) mass is 290 g/mol. The minimum Gasteiger partial charge on any atom is -0.493 e. The lowest BCUT2D eigenvalue weighted by Crippen LogP contribution is -2.43. The topological polar surface area (TPSA) is 24.5 Å². The summed E-state index contributed by atoms with van der Waals surface area (Å²) in [6, 6.07) is 8.50. The number of ether oxygens (including phenoxy) is 1. The van der Waals surface area contributed by atoms with Crippen LogP contribution in [-0.4, -0.2) is 44.2 Å². The smallest absolute Gasteiger partial charge is 0.122 e. The Morgan fingerprint density at radius 2 is 1.90 bits per heavy atom. The molecule has 21 heavy (non-hydrogen) atoms. The molecule has 1 N–H and O–H groups in total. The van der Waals surface area contributed by atoms with Crippen molar-refractivity contribution in [2.24, 2.45) is 5.92 Å². The van der Waals surface area contributed by atoms with Gasteiger partial charge >= 0.3 is 0 Å². The third-order valence-corrected chi connectivity index (χ3v) is 3.92. The van der Waals surface area contributed by atoms with Crippen LogP contribution >= 0.6 is 0 Å². The summed E-state index contributed by atoms with van der Waals surface area (Å²) in [5.74, 6) is 1.65. The lowest BCUT2D eigenvalue weighted by Gasteiger charge is -2.27. The molecule has 0 atom stereocenters. The summed E-state index contributed by atoms with van der Waals surface area (Å²) in [7, 11) is 0. The molecular formula is C18H30N2O. The van der Waals surface area contributed by atoms with Crippen molar-refractivity contribution >= 4 is 0 Å². The van der Waals surface area contributed by atoms with Crippen LogP contribution in [0, 0.1) is 5.92 Å². The second kappa shape index (κ2) is 9.06. The van der Waals surface area contributed by atoms with Gasteiger partial charge in [-0.2, -0.15) is 0 Å². The Bertz CT molecular complexity index is 400. The highest BCUT2D eigenvalue weighted by atomic mass is 16.5. The van der Waals surface area contributed by atoms with Gasteiger partial charge < -0.3 is 15.0 Å². The van der Waals surface area contributed by atoms with Crippen LogP contribution in [0.25, 0.3) is 0 Å². The van der Waals surface area contributed by atoms with E-state index in [9.17, 15) is 0 Å². The van der Waals surface area contributed by atoms with E-state index >= 15 is 0 Å². The van der Waals surface area contributed by atoms with E-state index in [1.807, 2.05) is 0 Å². The molecule has 0 aliphatic carbocycles. The second-order valence-corrected chi connectivity index (χ2v) is 6.36. The van der Waals surface area contributed by atoms with E-state index in [0.29, 0.717) is 5.92 Å². The van der Waals surface area contributed by atoms with Gasteiger partial charge in [-0.3, -0.25) is 0 Å². The first kappa shape index (κ1) is 16.3. The SMILES string of the molecule is CC(C)COc1ccccc1CCCCN1CCNCC1. The summed E-state index contributed by atoms with van der Waals surface area (Å²) in [6.07, 6.45) is 3.64. The summed E-state index contributed by atoms with van der Waals surface area (Å²) >= 11 is 0. The van der Waals surface area contributed by atoms with Crippen LogP contribution in [0.5, 0.6) is 5.75 Å². The Morgan fingerprint density at radius 3 is 2.67 bits per heavy atom. The number of rotatable bonds is 8. The Kier molecular flexibility index (Phi) is 7.04. The molecule has 1 aromatic rings. The predicted octanol–water partition coefficient (Wildman–Crippen LogP) is 2.95. The summed E-state index contributed by atoms with van der Waals surface area (Å²) in [4.78, 5) is 2.57. The average Bonchev–Trinajstić information content (AvgIpc) is 2.51. The molecule has 1 aliphatic rings. The van der Waals surface area contributed by atoms with Crippen LogP contribution in [0.4, 0.5) is 0 Å². The largest absolute Gasteiger partial charge is 0.493 e. The average molecular weight is 290 g/mol. The van der Waals surface area contributed by atoms with Crippen LogP contribution in [-0.2, 0) is 6.42 Å². The second-order valence-electron chi connectivity index (χ2n) is 6.36. The van der Waals surface area contributed by atoms with Gasteiger partial charge in [0.05, 0.1) is 6.61 Å². The molecular weight excluding hydrogens is 260 g/mol. The Hall–Kier alpha value is -1.06. The van der Waals surface area contributed by atoms with Gasteiger partial charge in [-0.1, -0.05) is 32.0 Å². The third kappa shape index (κ3) is 6.06. The van der Waals surface area contributed by atoms with Gasteiger partial charge in [-0.15, -0.1) is 0 Å². The highest BCUT2D eigenvalue weighted by molar-refractivity contribution is 5.33. The zero-order valence-electron chi connectivity index (χ0n) is 13.6. The molecule has 0 amide bonds. The number of piperazine rings is 1. The van der Waals surface area contributed by atoms with E-state index in [1.54, 1.807) is 0 Å². The molecule has 0 spiro atoms. The standard InChI is InChI=1S/C18H30N2O/c1-16(2)15-21-18-9-4-3-7-17(18)8-5-6-12-20-13-10-19-11-14-20/h3-4,7,9,16,19H,5-6,8,10-15H2,1-2H3. The summed E-state index contributed by atoms with van der Waals surface area (Å²) in [5.41, 5.74) is 1.36. The van der Waals surface area contributed by atoms with Crippen LogP contribution in [0.1, 0.15) is 32.3 Å². The maximum atomic E-state index is 5.93. The third-order valence-electron chi connectivity index (χ3n) is 3.92. The molecule has 0 saturated carbocycles. The summed E-state index contributed by atoms with van der Waals surface area (Å²) in [5, 5.41) is 3.40. The summed E-state index contributed by atoms with van der Waals surface area (Å²) in [6.45, 7) is 11.1. The maximum Gasteiger partial charge on any atom is 0.122 e. The Labute approximate surface area is 129 Å². The maximum absolute atomic E-state index is 5.93. The zero-order valence-corrected chi connectivity index (χ0v) is 13.6. The quantitative estimate of drug-likeness (QED) is 0.745. The fraction of sp³-hybridized carbons (Fsp3) is 0.667. The molecule has 0 unspecified atom stereocenters. The first-order valence-corrected chi connectivity index (χ1v) is 8.39. The van der Waals surface area contributed by atoms with Crippen LogP contribution in [0.15, 0.2) is 24.3 Å². The molecule has 3 heteroatoms. The van der Waals surface area contributed by atoms with E-state index in [-0.39, 0.29) is 0 Å². The Balaban J connectivity index is 1.71. The van der Waals surface area contributed by atoms with Crippen molar-refractivity contribution in [3.63, 3.8) is 0 Å². The highest BCUT2D eigenvalue weighted by Gasteiger charge is 2.09. The van der Waals surface area contributed by atoms with Crippen molar-refractivity contribution < 1.29 is 4.74 Å². The minimum absolute atomic E-state index is 0.575. The number of unbranched alkanes of at least 4 members (excludes halogenated alkanes) is 1. The Morgan fingerprint density at radius 1 is 1.14 bits per heavy atom. The van der Waals surface area contributed by atoms with Gasteiger partial charge in [0, 0.05) is 26.2 Å². The molecule has 2 rings (SSSR count). The van der Waals surface area contributed by atoms with Crippen molar-refractivity contribution in [3.8, 4) is 5.75 Å². The molecule has 1 heterocycles. The van der Waals surface area contributed by atoms with Crippen molar-refractivity contribution in [2.45, 2.75) is 33.1 Å². The van der Waals surface area contributed by atoms with Gasteiger partial charge in [0.15, 0.2) is 0 Å². The molecule has 1 aromatic carbocycles. The van der Waals surface area contributed by atoms with Crippen LogP contribution in [0.3, 0.4) is 0 Å². The van der Waals surface area contributed by atoms with Crippen molar-refractivity contribution in [3.05, 3.63) is 29.8 Å². The normalized spacial score (nSPS) is 16.3. The van der Waals surface area contributed by atoms with E-state index in [0.717, 1.165) is 31.9 Å². The molecule has 0 radical (unpaired) electrons. The number of para-hydroxylation sites is 1. The van der Waals surface area contributed by atoms with Crippen LogP contribution in [0.2, 0.25) is 0 Å². The molecule has 0 aromatic heterocycles. The van der Waals surface area contributed by atoms with Crippen molar-refractivity contribution in [1.29, 1.82) is 0 Å². The molecule has 3 nitrogen and oxygen atoms in total. The van der Waals surface area contributed by atoms with E-state index < -0.39 is 0 Å². The van der Waals surface area contributed by atoms with Gasteiger partial charge in [0.2, 0.25) is 0 Å². The lowest BCUT2D eigenvalue weighted by molar-refractivity contribution is 0.236. The van der Waals surface area contributed by atoms with E-state index in [4.69, 9.17) is 4.74 Å². The number of hydrogen-bond donors (Lipinski definition) is 1. The lowest BCUT2D eigenvalue weighted by atomic mass is 10.1. The highest BCUT2D eigenvalue weighted by Crippen LogP contribution is 2.20. The predicted molar refractivity (Wildman–Crippen MR) is 89.0 cm³/mol. The van der Waals surface area contributed by atoms with E-state index in [2.05, 4.69) is 48.3 Å². The molecule has 1 aliphatic heterocycles. The van der Waals surface area contributed by atoms with Gasteiger partial charge in [-0.05, 0) is 43.4 Å². The number of hydrogen-bond acceptors (Lipinski definition) is 3. The molecule has 1 fully saturated rings. The fourth-order valence-corrected chi connectivity index (χ4v) is 2.69. The first-order chi connectivity index (χ1) is 10.3. The van der Waals surface area contributed by atoms with Crippen molar-refractivity contribution in [2.75, 3.05) is 39.3 Å². The van der Waals surface area contributed by atoms with Crippen LogP contribution < -0.4 is 10.1 Å². The van der Waals surface area contributed by atoms with Gasteiger partial charge in [-0.25, -0.2) is 0 Å². The summed E-state index contributed by atoms with van der Waals surface area (Å²) < 4.78 is 5.93. The van der Waals surface area contributed by atoms with Crippen molar-refractivity contribution in [1.82, 2.24) is 10.2 Å². The van der Waals surface area contributed by atoms with Gasteiger partial charge in [0.25, 0.3) is 0 Å². The zero-order chi connectivity index (χ0) is 14.9. The van der Waals surface area contributed by atoms with E-state index in [1.165, 1.54) is 38.0 Å². The first-order valence-electron chi connectivity index (χ1n) is 8.39. The number of nitrogens with zero attached hydrogens (tertiary/aromatic N) is 1. The molecule has 118 valence electrons.